The van der Waals surface area contributed by atoms with Crippen LogP contribution in [0, 0.1) is 5.92 Å². The molecule has 0 atom stereocenters. The van der Waals surface area contributed by atoms with Crippen molar-refractivity contribution in [3.05, 3.63) is 16.0 Å². The third-order valence-corrected chi connectivity index (χ3v) is 3.44. The zero-order valence-electron chi connectivity index (χ0n) is 8.84. The van der Waals surface area contributed by atoms with Crippen molar-refractivity contribution in [3.8, 4) is 0 Å². The molecule has 1 fully saturated rings. The van der Waals surface area contributed by atoms with E-state index in [0.717, 1.165) is 17.7 Å². The third-order valence-electron chi connectivity index (χ3n) is 2.23. The molecule has 1 saturated carbocycles. The molecule has 5 nitrogen and oxygen atoms in total. The van der Waals surface area contributed by atoms with Gasteiger partial charge in [-0.3, -0.25) is 9.59 Å². The number of carbonyl (C=O) groups is 2. The van der Waals surface area contributed by atoms with E-state index in [2.05, 4.69) is 22.9 Å². The molecule has 0 radical (unpaired) electrons. The van der Waals surface area contributed by atoms with Gasteiger partial charge in [-0.1, -0.05) is 11.3 Å². The fourth-order valence-electron chi connectivity index (χ4n) is 1.17. The molecule has 3 N–H and O–H groups in total. The summed E-state index contributed by atoms with van der Waals surface area (Å²) in [7, 11) is 0. The summed E-state index contributed by atoms with van der Waals surface area (Å²) in [4.78, 5) is 27.2. The molecule has 2 amide bonds. The largest absolute Gasteiger partial charge is 0.365 e. The molecule has 1 aliphatic rings. The first-order valence-corrected chi connectivity index (χ1v) is 6.30. The molecule has 7 heteroatoms. The molecular formula is C10H11N3O2S2. The molecule has 1 aromatic rings. The van der Waals surface area contributed by atoms with E-state index in [9.17, 15) is 9.59 Å². The average Bonchev–Trinajstić information content (AvgIpc) is 3.03. The summed E-state index contributed by atoms with van der Waals surface area (Å²) < 4.78 is 0. The molecule has 0 saturated heterocycles. The summed E-state index contributed by atoms with van der Waals surface area (Å²) in [5.41, 5.74) is 5.05. The first-order valence-electron chi connectivity index (χ1n) is 5.03. The molecule has 1 heterocycles. The number of nitrogens with one attached hydrogen (secondary N) is 1. The maximum Gasteiger partial charge on any atom is 0.254 e. The topological polar surface area (TPSA) is 85.1 Å². The fourth-order valence-corrected chi connectivity index (χ4v) is 2.16. The monoisotopic (exact) mass is 269 g/mol. The maximum absolute atomic E-state index is 11.5. The summed E-state index contributed by atoms with van der Waals surface area (Å²) in [5.74, 6) is -0.440. The summed E-state index contributed by atoms with van der Waals surface area (Å²) in [6.07, 6.45) is 4.99. The van der Waals surface area contributed by atoms with Gasteiger partial charge in [0.25, 0.3) is 5.91 Å². The molecule has 17 heavy (non-hydrogen) atoms. The van der Waals surface area contributed by atoms with Gasteiger partial charge in [-0.15, -0.1) is 12.6 Å². The molecule has 1 aromatic heterocycles. The molecule has 0 spiro atoms. The number of aromatic nitrogens is 1. The van der Waals surface area contributed by atoms with Gasteiger partial charge in [0.15, 0.2) is 5.13 Å². The van der Waals surface area contributed by atoms with Gasteiger partial charge < -0.3 is 11.1 Å². The highest BCUT2D eigenvalue weighted by molar-refractivity contribution is 7.85. The van der Waals surface area contributed by atoms with E-state index in [4.69, 9.17) is 5.73 Å². The van der Waals surface area contributed by atoms with Crippen LogP contribution in [0.4, 0.5) is 5.13 Å². The molecule has 2 rings (SSSR count). The van der Waals surface area contributed by atoms with E-state index < -0.39 is 5.91 Å². The van der Waals surface area contributed by atoms with Crippen LogP contribution in [-0.4, -0.2) is 16.8 Å². The SMILES string of the molecule is NC(=O)/C(S)=C/c1cnc(NC(=O)C2CC2)s1. The maximum atomic E-state index is 11.5. The van der Waals surface area contributed by atoms with Gasteiger partial charge >= 0.3 is 0 Å². The molecule has 0 aliphatic heterocycles. The normalized spacial score (nSPS) is 15.7. The number of carbonyl (C=O) groups excluding carboxylic acids is 2. The summed E-state index contributed by atoms with van der Waals surface area (Å²) in [6.45, 7) is 0. The van der Waals surface area contributed by atoms with Gasteiger partial charge in [-0.05, 0) is 18.9 Å². The highest BCUT2D eigenvalue weighted by atomic mass is 32.1. The number of thiazole rings is 1. The van der Waals surface area contributed by atoms with Gasteiger partial charge in [0.1, 0.15) is 0 Å². The second-order valence-corrected chi connectivity index (χ2v) is 5.27. The Labute approximate surface area is 108 Å². The Hall–Kier alpha value is -1.34. The molecule has 90 valence electrons. The predicted molar refractivity (Wildman–Crippen MR) is 69.6 cm³/mol. The highest BCUT2D eigenvalue weighted by Gasteiger charge is 2.30. The number of thiol groups is 1. The minimum atomic E-state index is -0.592. The number of nitrogens with two attached hydrogens (primary N) is 1. The molecule has 1 aliphatic carbocycles. The van der Waals surface area contributed by atoms with Crippen molar-refractivity contribution in [2.75, 3.05) is 5.32 Å². The first kappa shape index (κ1) is 12.1. The molecule has 0 aromatic carbocycles. The highest BCUT2D eigenvalue weighted by Crippen LogP contribution is 2.31. The standard InChI is InChI=1S/C10H11N3O2S2/c11-8(14)7(16)3-6-4-12-10(17-6)13-9(15)5-1-2-5/h3-5,16H,1-2H2,(H2,11,14)(H,12,13,15)/b7-3-. The predicted octanol–water partition coefficient (Wildman–Crippen LogP) is 1.25. The first-order chi connectivity index (χ1) is 8.06. The Balaban J connectivity index is 2.02. The molecular weight excluding hydrogens is 258 g/mol. The van der Waals surface area contributed by atoms with E-state index in [-0.39, 0.29) is 16.7 Å². The number of nitrogens with zero attached hydrogens (tertiary/aromatic N) is 1. The lowest BCUT2D eigenvalue weighted by Gasteiger charge is -1.97. The Morgan fingerprint density at radius 1 is 1.59 bits per heavy atom. The molecule has 0 unspecified atom stereocenters. The molecule has 0 bridgehead atoms. The van der Waals surface area contributed by atoms with Crippen molar-refractivity contribution in [3.63, 3.8) is 0 Å². The van der Waals surface area contributed by atoms with Crippen molar-refractivity contribution in [1.82, 2.24) is 4.98 Å². The number of amides is 2. The van der Waals surface area contributed by atoms with Crippen LogP contribution in [-0.2, 0) is 9.59 Å². The van der Waals surface area contributed by atoms with Crippen molar-refractivity contribution < 1.29 is 9.59 Å². The van der Waals surface area contributed by atoms with Gasteiger partial charge in [0.2, 0.25) is 5.91 Å². The number of hydrogen-bond donors (Lipinski definition) is 3. The minimum absolute atomic E-state index is 0.0101. The van der Waals surface area contributed by atoms with Crippen LogP contribution in [0.2, 0.25) is 0 Å². The summed E-state index contributed by atoms with van der Waals surface area (Å²) in [6, 6.07) is 0. The van der Waals surface area contributed by atoms with Crippen molar-refractivity contribution >= 4 is 47.0 Å². The van der Waals surface area contributed by atoms with Crippen molar-refractivity contribution in [2.45, 2.75) is 12.8 Å². The van der Waals surface area contributed by atoms with Crippen LogP contribution in [0.25, 0.3) is 6.08 Å². The fraction of sp³-hybridized carbons (Fsp3) is 0.300. The van der Waals surface area contributed by atoms with E-state index in [1.54, 1.807) is 6.20 Å². The van der Waals surface area contributed by atoms with Crippen LogP contribution in [0.1, 0.15) is 17.7 Å². The zero-order chi connectivity index (χ0) is 12.4. The number of rotatable bonds is 4. The lowest BCUT2D eigenvalue weighted by Crippen LogP contribution is -2.12. The Morgan fingerprint density at radius 2 is 2.29 bits per heavy atom. The number of primary amides is 1. The Morgan fingerprint density at radius 3 is 2.88 bits per heavy atom. The van der Waals surface area contributed by atoms with E-state index in [0.29, 0.717) is 5.13 Å². The Bertz CT molecular complexity index is 491. The van der Waals surface area contributed by atoms with E-state index in [1.807, 2.05) is 0 Å². The minimum Gasteiger partial charge on any atom is -0.365 e. The Kier molecular flexibility index (Phi) is 3.49. The van der Waals surface area contributed by atoms with E-state index in [1.165, 1.54) is 17.4 Å². The van der Waals surface area contributed by atoms with Gasteiger partial charge in [0, 0.05) is 12.1 Å². The number of anilines is 1. The third kappa shape index (κ3) is 3.31. The van der Waals surface area contributed by atoms with Crippen LogP contribution >= 0.6 is 24.0 Å². The van der Waals surface area contributed by atoms with Crippen LogP contribution in [0.3, 0.4) is 0 Å². The van der Waals surface area contributed by atoms with Gasteiger partial charge in [-0.25, -0.2) is 4.98 Å². The van der Waals surface area contributed by atoms with Crippen molar-refractivity contribution in [2.24, 2.45) is 11.7 Å². The smallest absolute Gasteiger partial charge is 0.254 e. The second-order valence-electron chi connectivity index (χ2n) is 3.73. The van der Waals surface area contributed by atoms with Gasteiger partial charge in [0.05, 0.1) is 9.78 Å². The van der Waals surface area contributed by atoms with Crippen LogP contribution in [0.5, 0.6) is 0 Å². The van der Waals surface area contributed by atoms with E-state index >= 15 is 0 Å². The lowest BCUT2D eigenvalue weighted by molar-refractivity contribution is -0.117. The second kappa shape index (κ2) is 4.89. The summed E-state index contributed by atoms with van der Waals surface area (Å²) >= 11 is 5.21. The lowest BCUT2D eigenvalue weighted by atomic mass is 10.4. The summed E-state index contributed by atoms with van der Waals surface area (Å²) in [5, 5.41) is 3.25. The average molecular weight is 269 g/mol. The van der Waals surface area contributed by atoms with Crippen molar-refractivity contribution in [1.29, 1.82) is 0 Å². The quantitative estimate of drug-likeness (QED) is 0.568. The van der Waals surface area contributed by atoms with Crippen LogP contribution < -0.4 is 11.1 Å². The number of hydrogen-bond acceptors (Lipinski definition) is 5. The van der Waals surface area contributed by atoms with Gasteiger partial charge in [-0.2, -0.15) is 0 Å². The zero-order valence-corrected chi connectivity index (χ0v) is 10.6. The van der Waals surface area contributed by atoms with Crippen LogP contribution in [0.15, 0.2) is 11.1 Å².